The molecule has 0 aromatic heterocycles. The molecule has 1 saturated heterocycles. The van der Waals surface area contributed by atoms with Crippen molar-refractivity contribution in [3.8, 4) is 0 Å². The van der Waals surface area contributed by atoms with Crippen molar-refractivity contribution in [2.75, 3.05) is 39.0 Å². The van der Waals surface area contributed by atoms with Crippen LogP contribution in [0.1, 0.15) is 26.7 Å². The van der Waals surface area contributed by atoms with Crippen molar-refractivity contribution in [2.45, 2.75) is 32.2 Å². The number of sulfonamides is 1. The number of rotatable bonds is 5. The van der Waals surface area contributed by atoms with Crippen LogP contribution in [0.3, 0.4) is 0 Å². The summed E-state index contributed by atoms with van der Waals surface area (Å²) < 4.78 is 25.7. The largest absolute Gasteiger partial charge is 0.396 e. The Labute approximate surface area is 104 Å². The highest BCUT2D eigenvalue weighted by Crippen LogP contribution is 2.21. The van der Waals surface area contributed by atoms with Gasteiger partial charge in [-0.1, -0.05) is 0 Å². The summed E-state index contributed by atoms with van der Waals surface area (Å²) >= 11 is 0. The van der Waals surface area contributed by atoms with Crippen molar-refractivity contribution >= 4 is 10.0 Å². The number of aliphatic hydroxyl groups is 1. The molecule has 1 heterocycles. The standard InChI is InChI=1S/C11H24N2O3S/c1-11(2)10-13(7-6-12(11)3)17(15,16)9-5-4-8-14/h14H,4-10H2,1-3H3. The second-order valence-corrected chi connectivity index (χ2v) is 7.40. The Morgan fingerprint density at radius 3 is 2.41 bits per heavy atom. The van der Waals surface area contributed by atoms with Crippen LogP contribution in [-0.2, 0) is 10.0 Å². The molecule has 0 aromatic carbocycles. The van der Waals surface area contributed by atoms with Crippen LogP contribution >= 0.6 is 0 Å². The van der Waals surface area contributed by atoms with E-state index in [2.05, 4.69) is 18.7 Å². The smallest absolute Gasteiger partial charge is 0.214 e. The molecule has 0 aliphatic carbocycles. The predicted molar refractivity (Wildman–Crippen MR) is 68.4 cm³/mol. The van der Waals surface area contributed by atoms with Crippen molar-refractivity contribution in [1.29, 1.82) is 0 Å². The first-order valence-electron chi connectivity index (χ1n) is 6.09. The zero-order valence-corrected chi connectivity index (χ0v) is 11.8. The molecule has 1 aliphatic rings. The first-order valence-corrected chi connectivity index (χ1v) is 7.70. The second-order valence-electron chi connectivity index (χ2n) is 5.31. The molecule has 1 N–H and O–H groups in total. The Bertz CT molecular complexity index is 341. The zero-order chi connectivity index (χ0) is 13.1. The fraction of sp³-hybridized carbons (Fsp3) is 1.00. The first kappa shape index (κ1) is 14.9. The van der Waals surface area contributed by atoms with Crippen LogP contribution in [0.4, 0.5) is 0 Å². The molecule has 6 heteroatoms. The van der Waals surface area contributed by atoms with Crippen LogP contribution in [-0.4, -0.2) is 67.3 Å². The first-order chi connectivity index (χ1) is 7.79. The van der Waals surface area contributed by atoms with E-state index in [9.17, 15) is 8.42 Å². The van der Waals surface area contributed by atoms with Gasteiger partial charge in [-0.15, -0.1) is 0 Å². The zero-order valence-electron chi connectivity index (χ0n) is 11.0. The maximum absolute atomic E-state index is 12.1. The minimum Gasteiger partial charge on any atom is -0.396 e. The number of hydrogen-bond donors (Lipinski definition) is 1. The fourth-order valence-corrected chi connectivity index (χ4v) is 3.66. The van der Waals surface area contributed by atoms with Gasteiger partial charge in [0.05, 0.1) is 5.75 Å². The van der Waals surface area contributed by atoms with E-state index in [1.165, 1.54) is 0 Å². The summed E-state index contributed by atoms with van der Waals surface area (Å²) in [7, 11) is -1.13. The lowest BCUT2D eigenvalue weighted by Gasteiger charge is -2.44. The molecule has 0 bridgehead atoms. The van der Waals surface area contributed by atoms with E-state index in [0.717, 1.165) is 6.54 Å². The van der Waals surface area contributed by atoms with Crippen molar-refractivity contribution in [2.24, 2.45) is 0 Å². The maximum Gasteiger partial charge on any atom is 0.214 e. The van der Waals surface area contributed by atoms with E-state index < -0.39 is 10.0 Å². The highest BCUT2D eigenvalue weighted by molar-refractivity contribution is 7.89. The van der Waals surface area contributed by atoms with E-state index in [1.54, 1.807) is 4.31 Å². The number of piperazine rings is 1. The van der Waals surface area contributed by atoms with Gasteiger partial charge in [-0.3, -0.25) is 4.90 Å². The number of likely N-dealkylation sites (N-methyl/N-ethyl adjacent to an activating group) is 1. The lowest BCUT2D eigenvalue weighted by atomic mass is 10.0. The van der Waals surface area contributed by atoms with Crippen molar-refractivity contribution < 1.29 is 13.5 Å². The van der Waals surface area contributed by atoms with Crippen LogP contribution in [0.5, 0.6) is 0 Å². The van der Waals surface area contributed by atoms with E-state index in [4.69, 9.17) is 5.11 Å². The maximum atomic E-state index is 12.1. The molecule has 1 fully saturated rings. The van der Waals surface area contributed by atoms with E-state index in [0.29, 0.717) is 25.9 Å². The molecule has 1 rings (SSSR count). The van der Waals surface area contributed by atoms with Crippen molar-refractivity contribution in [1.82, 2.24) is 9.21 Å². The second kappa shape index (κ2) is 5.65. The monoisotopic (exact) mass is 264 g/mol. The molecular weight excluding hydrogens is 240 g/mol. The summed E-state index contributed by atoms with van der Waals surface area (Å²) in [4.78, 5) is 2.19. The van der Waals surface area contributed by atoms with Crippen LogP contribution < -0.4 is 0 Å². The van der Waals surface area contributed by atoms with Gasteiger partial charge in [-0.05, 0) is 33.7 Å². The number of nitrogens with zero attached hydrogens (tertiary/aromatic N) is 2. The van der Waals surface area contributed by atoms with Crippen molar-refractivity contribution in [3.05, 3.63) is 0 Å². The van der Waals surface area contributed by atoms with Gasteiger partial charge in [0, 0.05) is 31.8 Å². The van der Waals surface area contributed by atoms with Gasteiger partial charge >= 0.3 is 0 Å². The SMILES string of the molecule is CN1CCN(S(=O)(=O)CCCCO)CC1(C)C. The van der Waals surface area contributed by atoms with Gasteiger partial charge in [-0.25, -0.2) is 8.42 Å². The molecule has 0 atom stereocenters. The predicted octanol–water partition coefficient (Wildman–Crippen LogP) is 0.115. The average molecular weight is 264 g/mol. The minimum atomic E-state index is -3.15. The van der Waals surface area contributed by atoms with Gasteiger partial charge in [0.15, 0.2) is 0 Å². The summed E-state index contributed by atoms with van der Waals surface area (Å²) in [5, 5.41) is 8.68. The van der Waals surface area contributed by atoms with Gasteiger partial charge in [0.1, 0.15) is 0 Å². The Hall–Kier alpha value is -0.170. The third-order valence-corrected chi connectivity index (χ3v) is 5.39. The molecule has 5 nitrogen and oxygen atoms in total. The van der Waals surface area contributed by atoms with Crippen LogP contribution in [0.25, 0.3) is 0 Å². The third-order valence-electron chi connectivity index (χ3n) is 3.49. The quantitative estimate of drug-likeness (QED) is 0.716. The molecule has 0 unspecified atom stereocenters. The molecule has 0 radical (unpaired) electrons. The minimum absolute atomic E-state index is 0.0593. The Kier molecular flexibility index (Phi) is 4.95. The molecule has 0 spiro atoms. The average Bonchev–Trinajstić information content (AvgIpc) is 2.22. The van der Waals surface area contributed by atoms with Crippen LogP contribution in [0.15, 0.2) is 0 Å². The summed E-state index contributed by atoms with van der Waals surface area (Å²) in [6.07, 6.45) is 1.09. The topological polar surface area (TPSA) is 60.9 Å². The molecule has 0 aromatic rings. The molecule has 17 heavy (non-hydrogen) atoms. The summed E-state index contributed by atoms with van der Waals surface area (Å²) in [6, 6.07) is 0. The van der Waals surface area contributed by atoms with Gasteiger partial charge in [0.25, 0.3) is 0 Å². The Morgan fingerprint density at radius 2 is 1.88 bits per heavy atom. The third kappa shape index (κ3) is 3.91. The van der Waals surface area contributed by atoms with Gasteiger partial charge in [-0.2, -0.15) is 4.31 Å². The fourth-order valence-electron chi connectivity index (χ4n) is 1.96. The van der Waals surface area contributed by atoms with E-state index >= 15 is 0 Å². The number of hydrogen-bond acceptors (Lipinski definition) is 4. The molecular formula is C11H24N2O3S. The van der Waals surface area contributed by atoms with E-state index in [1.807, 2.05) is 7.05 Å². The van der Waals surface area contributed by atoms with Crippen LogP contribution in [0, 0.1) is 0 Å². The summed E-state index contributed by atoms with van der Waals surface area (Å²) in [6.45, 7) is 6.06. The Morgan fingerprint density at radius 1 is 1.24 bits per heavy atom. The lowest BCUT2D eigenvalue weighted by Crippen LogP contribution is -2.59. The molecule has 102 valence electrons. The molecule has 1 aliphatic heterocycles. The lowest BCUT2D eigenvalue weighted by molar-refractivity contribution is 0.0801. The van der Waals surface area contributed by atoms with Gasteiger partial charge in [0.2, 0.25) is 10.0 Å². The molecule has 0 saturated carbocycles. The number of unbranched alkanes of at least 4 members (excludes halogenated alkanes) is 1. The highest BCUT2D eigenvalue weighted by atomic mass is 32.2. The van der Waals surface area contributed by atoms with E-state index in [-0.39, 0.29) is 17.9 Å². The number of aliphatic hydroxyl groups excluding tert-OH is 1. The summed E-state index contributed by atoms with van der Waals surface area (Å²) in [5.74, 6) is 0.146. The van der Waals surface area contributed by atoms with Crippen molar-refractivity contribution in [3.63, 3.8) is 0 Å². The van der Waals surface area contributed by atoms with Gasteiger partial charge < -0.3 is 5.11 Å². The molecule has 0 amide bonds. The Balaban J connectivity index is 2.61. The summed E-state index contributed by atoms with van der Waals surface area (Å²) in [5.41, 5.74) is -0.109. The normalized spacial score (nSPS) is 22.8. The highest BCUT2D eigenvalue weighted by Gasteiger charge is 2.35. The van der Waals surface area contributed by atoms with Crippen LogP contribution in [0.2, 0.25) is 0 Å².